The highest BCUT2D eigenvalue weighted by Gasteiger charge is 2.27. The minimum absolute atomic E-state index is 0.680. The largest absolute Gasteiger partial charge is 0.373 e. The summed E-state index contributed by atoms with van der Waals surface area (Å²) >= 11 is 5.96. The van der Waals surface area contributed by atoms with E-state index in [1.807, 2.05) is 41.9 Å². The molecule has 1 aromatic carbocycles. The Bertz CT molecular complexity index is 936. The number of rotatable bonds is 2. The fraction of sp³-hybridized carbons (Fsp3) is 0.176. The maximum absolute atomic E-state index is 9.59. The number of nitrogens with zero attached hydrogens (tertiary/aromatic N) is 4. The van der Waals surface area contributed by atoms with Crippen LogP contribution in [0.4, 0.5) is 17.2 Å². The molecule has 0 aliphatic carbocycles. The predicted octanol–water partition coefficient (Wildman–Crippen LogP) is 3.60. The van der Waals surface area contributed by atoms with Gasteiger partial charge in [-0.25, -0.2) is 4.52 Å². The zero-order chi connectivity index (χ0) is 16.0. The third kappa shape index (κ3) is 2.11. The van der Waals surface area contributed by atoms with Gasteiger partial charge in [-0.05, 0) is 36.8 Å². The van der Waals surface area contributed by atoms with E-state index in [0.717, 1.165) is 41.2 Å². The lowest BCUT2D eigenvalue weighted by Crippen LogP contribution is -2.14. The molecular weight excluding hydrogens is 310 g/mol. The van der Waals surface area contributed by atoms with Crippen molar-refractivity contribution in [1.82, 2.24) is 9.61 Å². The van der Waals surface area contributed by atoms with Crippen molar-refractivity contribution in [3.05, 3.63) is 52.7 Å². The van der Waals surface area contributed by atoms with Crippen molar-refractivity contribution in [2.75, 3.05) is 23.8 Å². The number of aromatic nitrogens is 2. The van der Waals surface area contributed by atoms with Gasteiger partial charge in [0, 0.05) is 29.9 Å². The van der Waals surface area contributed by atoms with E-state index in [2.05, 4.69) is 21.4 Å². The first-order chi connectivity index (χ1) is 11.2. The van der Waals surface area contributed by atoms with Gasteiger partial charge in [-0.1, -0.05) is 11.6 Å². The van der Waals surface area contributed by atoms with Crippen molar-refractivity contribution in [2.45, 2.75) is 6.42 Å². The summed E-state index contributed by atoms with van der Waals surface area (Å²) in [5, 5.41) is 18.1. The molecule has 1 aliphatic rings. The molecule has 0 bridgehead atoms. The highest BCUT2D eigenvalue weighted by Crippen LogP contribution is 2.39. The van der Waals surface area contributed by atoms with Crippen molar-refractivity contribution in [3.8, 4) is 6.07 Å². The van der Waals surface area contributed by atoms with Crippen LogP contribution in [0.3, 0.4) is 0 Å². The zero-order valence-corrected chi connectivity index (χ0v) is 13.3. The van der Waals surface area contributed by atoms with Gasteiger partial charge in [0.15, 0.2) is 0 Å². The first kappa shape index (κ1) is 13.9. The molecular formula is C17H14ClN5. The Hall–Kier alpha value is -2.71. The standard InChI is InChI=1S/C17H14ClN5/c1-22-9-7-13-16(22)14(10-19)15-6-8-20-23(15)17(13)21-12-4-2-11(18)3-5-12/h2-6,8,21H,7,9H2,1H3. The topological polar surface area (TPSA) is 56.4 Å². The normalized spacial score (nSPS) is 13.2. The van der Waals surface area contributed by atoms with Gasteiger partial charge in [0.2, 0.25) is 0 Å². The van der Waals surface area contributed by atoms with Gasteiger partial charge in [-0.2, -0.15) is 10.4 Å². The highest BCUT2D eigenvalue weighted by atomic mass is 35.5. The summed E-state index contributed by atoms with van der Waals surface area (Å²) in [7, 11) is 2.02. The predicted molar refractivity (Wildman–Crippen MR) is 91.6 cm³/mol. The summed E-state index contributed by atoms with van der Waals surface area (Å²) in [5.41, 5.74) is 4.55. The molecule has 5 nitrogen and oxygen atoms in total. The molecule has 0 saturated heterocycles. The summed E-state index contributed by atoms with van der Waals surface area (Å²) in [6.45, 7) is 0.895. The smallest absolute Gasteiger partial charge is 0.138 e. The molecule has 0 unspecified atom stereocenters. The van der Waals surface area contributed by atoms with Crippen molar-refractivity contribution < 1.29 is 0 Å². The minimum Gasteiger partial charge on any atom is -0.373 e. The van der Waals surface area contributed by atoms with Crippen molar-refractivity contribution in [3.63, 3.8) is 0 Å². The number of hydrogen-bond donors (Lipinski definition) is 1. The lowest BCUT2D eigenvalue weighted by molar-refractivity contribution is 0.939. The number of nitrogens with one attached hydrogen (secondary N) is 1. The average molecular weight is 324 g/mol. The van der Waals surface area contributed by atoms with Crippen molar-refractivity contribution in [1.29, 1.82) is 5.26 Å². The molecule has 3 aromatic rings. The molecule has 6 heteroatoms. The van der Waals surface area contributed by atoms with E-state index in [-0.39, 0.29) is 0 Å². The third-order valence-electron chi connectivity index (χ3n) is 4.22. The van der Waals surface area contributed by atoms with E-state index < -0.39 is 0 Å². The maximum Gasteiger partial charge on any atom is 0.138 e. The number of hydrogen-bond acceptors (Lipinski definition) is 4. The van der Waals surface area contributed by atoms with E-state index in [4.69, 9.17) is 11.6 Å². The molecule has 4 rings (SSSR count). The summed E-state index contributed by atoms with van der Waals surface area (Å²) < 4.78 is 1.81. The van der Waals surface area contributed by atoms with Gasteiger partial charge in [-0.15, -0.1) is 0 Å². The molecule has 0 atom stereocenters. The number of anilines is 3. The van der Waals surface area contributed by atoms with Crippen molar-refractivity contribution >= 4 is 34.3 Å². The van der Waals surface area contributed by atoms with Crippen LogP contribution in [0.15, 0.2) is 36.5 Å². The molecule has 114 valence electrons. The lowest BCUT2D eigenvalue weighted by Gasteiger charge is -2.18. The first-order valence-electron chi connectivity index (χ1n) is 7.35. The SMILES string of the molecule is CN1CCc2c1c(C#N)c1ccnn1c2Nc1ccc(Cl)cc1. The van der Waals surface area contributed by atoms with Gasteiger partial charge in [0.25, 0.3) is 0 Å². The van der Waals surface area contributed by atoms with Crippen LogP contribution in [-0.2, 0) is 6.42 Å². The van der Waals surface area contributed by atoms with Crippen LogP contribution >= 0.6 is 11.6 Å². The number of likely N-dealkylation sites (N-methyl/N-ethyl adjacent to an activating group) is 1. The second-order valence-electron chi connectivity index (χ2n) is 5.59. The molecule has 0 radical (unpaired) electrons. The van der Waals surface area contributed by atoms with Crippen LogP contribution in [0.25, 0.3) is 5.52 Å². The lowest BCUT2D eigenvalue weighted by atomic mass is 10.1. The number of halogens is 1. The maximum atomic E-state index is 9.59. The second kappa shape index (κ2) is 5.18. The summed E-state index contributed by atoms with van der Waals surface area (Å²) in [6, 6.07) is 11.8. The second-order valence-corrected chi connectivity index (χ2v) is 6.03. The molecule has 3 heterocycles. The Balaban J connectivity index is 1.95. The fourth-order valence-corrected chi connectivity index (χ4v) is 3.27. The Labute approximate surface area is 138 Å². The number of nitriles is 1. The highest BCUT2D eigenvalue weighted by molar-refractivity contribution is 6.30. The van der Waals surface area contributed by atoms with Crippen LogP contribution in [-0.4, -0.2) is 23.2 Å². The molecule has 23 heavy (non-hydrogen) atoms. The molecule has 0 fully saturated rings. The minimum atomic E-state index is 0.680. The monoisotopic (exact) mass is 323 g/mol. The quantitative estimate of drug-likeness (QED) is 0.783. The van der Waals surface area contributed by atoms with E-state index in [9.17, 15) is 5.26 Å². The van der Waals surface area contributed by atoms with E-state index in [1.54, 1.807) is 6.20 Å². The third-order valence-corrected chi connectivity index (χ3v) is 4.47. The molecule has 0 saturated carbocycles. The van der Waals surface area contributed by atoms with Gasteiger partial charge in [0.1, 0.15) is 17.5 Å². The summed E-state index contributed by atoms with van der Waals surface area (Å²) in [5.74, 6) is 0.908. The van der Waals surface area contributed by atoms with E-state index >= 15 is 0 Å². The van der Waals surface area contributed by atoms with Crippen LogP contribution in [0.5, 0.6) is 0 Å². The van der Waals surface area contributed by atoms with E-state index in [1.165, 1.54) is 0 Å². The molecule has 1 aliphatic heterocycles. The zero-order valence-electron chi connectivity index (χ0n) is 12.5. The molecule has 0 amide bonds. The summed E-state index contributed by atoms with van der Waals surface area (Å²) in [4.78, 5) is 2.13. The Morgan fingerprint density at radius 2 is 2.04 bits per heavy atom. The van der Waals surface area contributed by atoms with Crippen LogP contribution < -0.4 is 10.2 Å². The average Bonchev–Trinajstić information content (AvgIpc) is 3.17. The van der Waals surface area contributed by atoms with E-state index in [0.29, 0.717) is 10.6 Å². The Morgan fingerprint density at radius 3 is 2.78 bits per heavy atom. The number of pyridine rings is 1. The summed E-state index contributed by atoms with van der Waals surface area (Å²) in [6.07, 6.45) is 2.60. The molecule has 1 N–H and O–H groups in total. The molecule has 2 aromatic heterocycles. The van der Waals surface area contributed by atoms with Gasteiger partial charge < -0.3 is 10.2 Å². The Morgan fingerprint density at radius 1 is 1.26 bits per heavy atom. The fourth-order valence-electron chi connectivity index (χ4n) is 3.14. The van der Waals surface area contributed by atoms with Crippen molar-refractivity contribution in [2.24, 2.45) is 0 Å². The Kier molecular flexibility index (Phi) is 3.14. The van der Waals surface area contributed by atoms with Crippen LogP contribution in [0, 0.1) is 11.3 Å². The van der Waals surface area contributed by atoms with Crippen LogP contribution in [0.1, 0.15) is 11.1 Å². The van der Waals surface area contributed by atoms with Crippen LogP contribution in [0.2, 0.25) is 5.02 Å². The number of fused-ring (bicyclic) bond motifs is 2. The van der Waals surface area contributed by atoms with Gasteiger partial charge >= 0.3 is 0 Å². The number of benzene rings is 1. The molecule has 0 spiro atoms. The van der Waals surface area contributed by atoms with Gasteiger partial charge in [0.05, 0.1) is 17.4 Å². The van der Waals surface area contributed by atoms with Gasteiger partial charge in [-0.3, -0.25) is 0 Å². The first-order valence-corrected chi connectivity index (χ1v) is 7.73.